The third kappa shape index (κ3) is 2.70. The molecule has 4 rings (SSSR count). The molecule has 2 aromatic carbocycles. The molecule has 1 unspecified atom stereocenters. The van der Waals surface area contributed by atoms with E-state index in [9.17, 15) is 4.79 Å². The van der Waals surface area contributed by atoms with Gasteiger partial charge in [0.25, 0.3) is 5.91 Å². The zero-order valence-corrected chi connectivity index (χ0v) is 13.4. The normalized spacial score (nSPS) is 17.6. The van der Waals surface area contributed by atoms with E-state index in [-0.39, 0.29) is 11.3 Å². The Bertz CT molecular complexity index is 850. The molecule has 0 aliphatic carbocycles. The van der Waals surface area contributed by atoms with Crippen molar-refractivity contribution in [1.29, 1.82) is 0 Å². The van der Waals surface area contributed by atoms with Crippen molar-refractivity contribution >= 4 is 28.4 Å². The second-order valence-electron chi connectivity index (χ2n) is 5.56. The Morgan fingerprint density at radius 1 is 1.04 bits per heavy atom. The highest BCUT2D eigenvalue weighted by molar-refractivity contribution is 7.99. The molecule has 0 spiro atoms. The van der Waals surface area contributed by atoms with Gasteiger partial charge in [-0.15, -0.1) is 11.8 Å². The van der Waals surface area contributed by atoms with E-state index in [4.69, 9.17) is 0 Å². The van der Waals surface area contributed by atoms with Gasteiger partial charge in [0.15, 0.2) is 0 Å². The zero-order chi connectivity index (χ0) is 15.6. The SMILES string of the molecule is O=C(c1ccc2ccccc2c1)N1CCSC1c1ccncc1. The second-order valence-corrected chi connectivity index (χ2v) is 6.75. The number of pyridine rings is 1. The highest BCUT2D eigenvalue weighted by atomic mass is 32.2. The van der Waals surface area contributed by atoms with Gasteiger partial charge in [0.1, 0.15) is 5.37 Å². The van der Waals surface area contributed by atoms with Gasteiger partial charge in [-0.05, 0) is 40.6 Å². The number of nitrogens with zero attached hydrogens (tertiary/aromatic N) is 2. The lowest BCUT2D eigenvalue weighted by molar-refractivity contribution is 0.0760. The number of carbonyl (C=O) groups is 1. The summed E-state index contributed by atoms with van der Waals surface area (Å²) in [5.74, 6) is 1.06. The number of amides is 1. The summed E-state index contributed by atoms with van der Waals surface area (Å²) >= 11 is 1.81. The maximum atomic E-state index is 13.0. The largest absolute Gasteiger partial charge is 0.322 e. The Kier molecular flexibility index (Phi) is 3.75. The van der Waals surface area contributed by atoms with Crippen molar-refractivity contribution < 1.29 is 4.79 Å². The number of hydrogen-bond acceptors (Lipinski definition) is 3. The molecule has 1 aromatic heterocycles. The number of fused-ring (bicyclic) bond motifs is 1. The van der Waals surface area contributed by atoms with Gasteiger partial charge in [-0.25, -0.2) is 0 Å². The Hall–Kier alpha value is -2.33. The molecule has 23 heavy (non-hydrogen) atoms. The molecule has 1 aliphatic rings. The Balaban J connectivity index is 1.66. The third-order valence-electron chi connectivity index (χ3n) is 4.14. The predicted octanol–water partition coefficient (Wildman–Crippen LogP) is 4.12. The van der Waals surface area contributed by atoms with Crippen molar-refractivity contribution in [3.05, 3.63) is 78.1 Å². The van der Waals surface area contributed by atoms with Crippen LogP contribution in [0, 0.1) is 0 Å². The van der Waals surface area contributed by atoms with Crippen LogP contribution in [-0.4, -0.2) is 28.1 Å². The molecule has 1 atom stereocenters. The van der Waals surface area contributed by atoms with Crippen molar-refractivity contribution in [1.82, 2.24) is 9.88 Å². The quantitative estimate of drug-likeness (QED) is 0.712. The molecule has 1 aliphatic heterocycles. The van der Waals surface area contributed by atoms with Gasteiger partial charge in [0, 0.05) is 30.3 Å². The van der Waals surface area contributed by atoms with E-state index in [1.165, 1.54) is 0 Å². The maximum Gasteiger partial charge on any atom is 0.255 e. The first-order valence-electron chi connectivity index (χ1n) is 7.64. The standard InChI is InChI=1S/C19H16N2OS/c22-18(17-6-5-14-3-1-2-4-16(14)13-17)21-11-12-23-19(21)15-7-9-20-10-8-15/h1-10,13,19H,11-12H2. The minimum atomic E-state index is 0.0805. The second kappa shape index (κ2) is 6.05. The van der Waals surface area contributed by atoms with E-state index in [1.54, 1.807) is 12.4 Å². The first-order chi connectivity index (χ1) is 11.3. The fourth-order valence-corrected chi connectivity index (χ4v) is 4.23. The van der Waals surface area contributed by atoms with Crippen LogP contribution in [0.15, 0.2) is 67.0 Å². The van der Waals surface area contributed by atoms with Crippen molar-refractivity contribution in [2.24, 2.45) is 0 Å². The Morgan fingerprint density at radius 3 is 2.65 bits per heavy atom. The van der Waals surface area contributed by atoms with Crippen molar-refractivity contribution in [2.75, 3.05) is 12.3 Å². The van der Waals surface area contributed by atoms with E-state index in [0.717, 1.165) is 34.2 Å². The van der Waals surface area contributed by atoms with Gasteiger partial charge in [0.05, 0.1) is 0 Å². The summed E-state index contributed by atoms with van der Waals surface area (Å²) in [4.78, 5) is 19.0. The van der Waals surface area contributed by atoms with Gasteiger partial charge in [-0.3, -0.25) is 9.78 Å². The monoisotopic (exact) mass is 320 g/mol. The van der Waals surface area contributed by atoms with Gasteiger partial charge >= 0.3 is 0 Å². The minimum absolute atomic E-state index is 0.0805. The first-order valence-corrected chi connectivity index (χ1v) is 8.69. The van der Waals surface area contributed by atoms with Crippen LogP contribution in [-0.2, 0) is 0 Å². The van der Waals surface area contributed by atoms with Crippen LogP contribution in [0.1, 0.15) is 21.3 Å². The average Bonchev–Trinajstić information content (AvgIpc) is 3.11. The molecule has 0 radical (unpaired) electrons. The summed E-state index contributed by atoms with van der Waals surface area (Å²) < 4.78 is 0. The van der Waals surface area contributed by atoms with Gasteiger partial charge < -0.3 is 4.90 Å². The number of aromatic nitrogens is 1. The molecule has 1 saturated heterocycles. The van der Waals surface area contributed by atoms with Gasteiger partial charge in [-0.2, -0.15) is 0 Å². The van der Waals surface area contributed by atoms with Crippen LogP contribution in [0.25, 0.3) is 10.8 Å². The molecule has 0 saturated carbocycles. The molecule has 4 heteroatoms. The molecule has 0 bridgehead atoms. The van der Waals surface area contributed by atoms with Crippen molar-refractivity contribution in [2.45, 2.75) is 5.37 Å². The van der Waals surface area contributed by atoms with Gasteiger partial charge in [0.2, 0.25) is 0 Å². The highest BCUT2D eigenvalue weighted by Crippen LogP contribution is 2.38. The van der Waals surface area contributed by atoms with Crippen molar-refractivity contribution in [3.63, 3.8) is 0 Å². The molecule has 0 N–H and O–H groups in total. The first kappa shape index (κ1) is 14.3. The van der Waals surface area contributed by atoms with E-state index < -0.39 is 0 Å². The maximum absolute atomic E-state index is 13.0. The molecule has 1 fully saturated rings. The summed E-state index contributed by atoms with van der Waals surface area (Å²) in [5.41, 5.74) is 1.89. The average molecular weight is 320 g/mol. The minimum Gasteiger partial charge on any atom is -0.322 e. The van der Waals surface area contributed by atoms with E-state index in [2.05, 4.69) is 11.1 Å². The van der Waals surface area contributed by atoms with Crippen LogP contribution in [0.3, 0.4) is 0 Å². The summed E-state index contributed by atoms with van der Waals surface area (Å²) in [5, 5.41) is 2.34. The number of rotatable bonds is 2. The lowest BCUT2D eigenvalue weighted by Gasteiger charge is -2.24. The van der Waals surface area contributed by atoms with Crippen LogP contribution < -0.4 is 0 Å². The number of benzene rings is 2. The third-order valence-corrected chi connectivity index (χ3v) is 5.40. The topological polar surface area (TPSA) is 33.2 Å². The number of carbonyl (C=O) groups excluding carboxylic acids is 1. The lowest BCUT2D eigenvalue weighted by Crippen LogP contribution is -2.30. The smallest absolute Gasteiger partial charge is 0.255 e. The van der Waals surface area contributed by atoms with E-state index >= 15 is 0 Å². The fraction of sp³-hybridized carbons (Fsp3) is 0.158. The summed E-state index contributed by atoms with van der Waals surface area (Å²) in [6, 6.07) is 18.0. The van der Waals surface area contributed by atoms with Crippen LogP contribution in [0.2, 0.25) is 0 Å². The summed E-state index contributed by atoms with van der Waals surface area (Å²) in [7, 11) is 0. The predicted molar refractivity (Wildman–Crippen MR) is 94.4 cm³/mol. The van der Waals surface area contributed by atoms with Crippen LogP contribution >= 0.6 is 11.8 Å². The molecule has 1 amide bonds. The lowest BCUT2D eigenvalue weighted by atomic mass is 10.1. The molecular formula is C19H16N2OS. The number of hydrogen-bond donors (Lipinski definition) is 0. The number of thioether (sulfide) groups is 1. The Labute approximate surface area is 139 Å². The van der Waals surface area contributed by atoms with E-state index in [1.807, 2.05) is 65.2 Å². The molecule has 3 nitrogen and oxygen atoms in total. The molecule has 2 heterocycles. The van der Waals surface area contributed by atoms with Crippen LogP contribution in [0.4, 0.5) is 0 Å². The zero-order valence-electron chi connectivity index (χ0n) is 12.6. The van der Waals surface area contributed by atoms with Crippen molar-refractivity contribution in [3.8, 4) is 0 Å². The molecule has 114 valence electrons. The molecular weight excluding hydrogens is 304 g/mol. The van der Waals surface area contributed by atoms with Crippen LogP contribution in [0.5, 0.6) is 0 Å². The Morgan fingerprint density at radius 2 is 1.83 bits per heavy atom. The van der Waals surface area contributed by atoms with Gasteiger partial charge in [-0.1, -0.05) is 30.3 Å². The summed E-state index contributed by atoms with van der Waals surface area (Å²) in [6.07, 6.45) is 3.57. The fourth-order valence-electron chi connectivity index (χ4n) is 2.97. The highest BCUT2D eigenvalue weighted by Gasteiger charge is 2.31. The van der Waals surface area contributed by atoms with E-state index in [0.29, 0.717) is 0 Å². The summed E-state index contributed by atoms with van der Waals surface area (Å²) in [6.45, 7) is 0.781. The molecule has 3 aromatic rings.